The minimum Gasteiger partial charge on any atom is -0.504 e. The van der Waals surface area contributed by atoms with Crippen molar-refractivity contribution in [3.63, 3.8) is 0 Å². The molecule has 0 aliphatic heterocycles. The molecule has 0 spiro atoms. The van der Waals surface area contributed by atoms with Gasteiger partial charge in [-0.3, -0.25) is 4.98 Å². The van der Waals surface area contributed by atoms with E-state index >= 15 is 0 Å². The molecule has 2 nitrogen and oxygen atoms in total. The number of fused-ring (bicyclic) bond motifs is 1. The molecule has 5 heteroatoms. The number of hydrogen-bond acceptors (Lipinski definition) is 2. The fourth-order valence-corrected chi connectivity index (χ4v) is 1.67. The van der Waals surface area contributed by atoms with Gasteiger partial charge in [0, 0.05) is 28.7 Å². The molecule has 2 aromatic rings. The van der Waals surface area contributed by atoms with Crippen LogP contribution in [0.1, 0.15) is 0 Å². The van der Waals surface area contributed by atoms with Crippen molar-refractivity contribution in [3.05, 3.63) is 34.4 Å². The molecular weight excluding hydrogens is 273 g/mol. The maximum absolute atomic E-state index is 9.53. The van der Waals surface area contributed by atoms with Crippen molar-refractivity contribution in [2.45, 2.75) is 0 Å². The zero-order valence-electron chi connectivity index (χ0n) is 6.76. The maximum atomic E-state index is 9.53. The Hall–Kier alpha value is -0.471. The second kappa shape index (κ2) is 4.37. The van der Waals surface area contributed by atoms with Crippen LogP contribution in [0.4, 0.5) is 0 Å². The molecule has 0 bridgehead atoms. The van der Waals surface area contributed by atoms with Gasteiger partial charge in [-0.25, -0.2) is 0 Å². The Kier molecular flexibility index (Phi) is 3.62. The van der Waals surface area contributed by atoms with Gasteiger partial charge in [0.1, 0.15) is 5.52 Å². The van der Waals surface area contributed by atoms with E-state index in [4.69, 9.17) is 23.2 Å². The Morgan fingerprint density at radius 2 is 1.93 bits per heavy atom. The minimum atomic E-state index is -0.0262. The molecule has 0 saturated carbocycles. The maximum Gasteiger partial charge on any atom is 0.160 e. The average molecular weight is 278 g/mol. The van der Waals surface area contributed by atoms with Crippen LogP contribution in [0.15, 0.2) is 24.4 Å². The minimum absolute atomic E-state index is 0. The fourth-order valence-electron chi connectivity index (χ4n) is 1.16. The van der Waals surface area contributed by atoms with Crippen LogP contribution in [0.5, 0.6) is 5.75 Å². The largest absolute Gasteiger partial charge is 0.504 e. The van der Waals surface area contributed by atoms with Gasteiger partial charge in [-0.05, 0) is 18.2 Å². The van der Waals surface area contributed by atoms with Crippen LogP contribution < -0.4 is 0 Å². The third kappa shape index (κ3) is 1.82. The summed E-state index contributed by atoms with van der Waals surface area (Å²) in [7, 11) is 0. The molecular formula is C9H5Cl2CuNO. The first-order valence-corrected chi connectivity index (χ1v) is 4.37. The van der Waals surface area contributed by atoms with Crippen LogP contribution in [0.25, 0.3) is 10.9 Å². The van der Waals surface area contributed by atoms with Crippen LogP contribution in [0, 0.1) is 0 Å². The monoisotopic (exact) mass is 276 g/mol. The van der Waals surface area contributed by atoms with Crippen molar-refractivity contribution in [1.29, 1.82) is 0 Å². The van der Waals surface area contributed by atoms with E-state index in [1.54, 1.807) is 18.3 Å². The molecule has 1 N–H and O–H groups in total. The SMILES string of the molecule is Oc1c(Cl)cc(Cl)c2cccnc12.[Cu]. The molecule has 0 unspecified atom stereocenters. The number of benzene rings is 1. The first kappa shape index (κ1) is 11.6. The summed E-state index contributed by atoms with van der Waals surface area (Å²) in [4.78, 5) is 3.98. The zero-order valence-corrected chi connectivity index (χ0v) is 9.21. The van der Waals surface area contributed by atoms with Gasteiger partial charge in [0.05, 0.1) is 10.0 Å². The van der Waals surface area contributed by atoms with Crippen molar-refractivity contribution in [3.8, 4) is 5.75 Å². The van der Waals surface area contributed by atoms with Crippen molar-refractivity contribution in [2.24, 2.45) is 0 Å². The molecule has 14 heavy (non-hydrogen) atoms. The van der Waals surface area contributed by atoms with Gasteiger partial charge in [0.2, 0.25) is 0 Å². The van der Waals surface area contributed by atoms with Gasteiger partial charge >= 0.3 is 0 Å². The molecule has 1 aromatic carbocycles. The third-order valence-corrected chi connectivity index (χ3v) is 2.37. The molecule has 0 saturated heterocycles. The number of phenols is 1. The summed E-state index contributed by atoms with van der Waals surface area (Å²) in [5, 5.41) is 10.9. The van der Waals surface area contributed by atoms with Gasteiger partial charge in [-0.2, -0.15) is 0 Å². The predicted octanol–water partition coefficient (Wildman–Crippen LogP) is 3.24. The molecule has 1 aromatic heterocycles. The number of nitrogens with zero attached hydrogens (tertiary/aromatic N) is 1. The van der Waals surface area contributed by atoms with Crippen LogP contribution in [0.3, 0.4) is 0 Å². The number of halogens is 2. The molecule has 2 rings (SSSR count). The van der Waals surface area contributed by atoms with E-state index in [1.165, 1.54) is 6.07 Å². The average Bonchev–Trinajstić information content (AvgIpc) is 2.15. The van der Waals surface area contributed by atoms with E-state index < -0.39 is 0 Å². The van der Waals surface area contributed by atoms with Crippen LogP contribution in [-0.2, 0) is 17.1 Å². The van der Waals surface area contributed by atoms with E-state index in [-0.39, 0.29) is 27.8 Å². The fraction of sp³-hybridized carbons (Fsp3) is 0. The predicted molar refractivity (Wildman–Crippen MR) is 53.4 cm³/mol. The number of aromatic hydroxyl groups is 1. The molecule has 0 aliphatic carbocycles. The molecule has 77 valence electrons. The van der Waals surface area contributed by atoms with Gasteiger partial charge in [-0.1, -0.05) is 23.2 Å². The summed E-state index contributed by atoms with van der Waals surface area (Å²) in [5.41, 5.74) is 0.431. The van der Waals surface area contributed by atoms with E-state index in [2.05, 4.69) is 4.98 Å². The second-order valence-electron chi connectivity index (χ2n) is 2.59. The van der Waals surface area contributed by atoms with Crippen molar-refractivity contribution in [1.82, 2.24) is 4.98 Å². The number of phenolic OH excluding ortho intramolecular Hbond substituents is 1. The number of aromatic nitrogens is 1. The summed E-state index contributed by atoms with van der Waals surface area (Å²) >= 11 is 11.6. The summed E-state index contributed by atoms with van der Waals surface area (Å²) in [5.74, 6) is -0.0262. The van der Waals surface area contributed by atoms with Crippen LogP contribution in [-0.4, -0.2) is 10.1 Å². The Bertz CT molecular complexity index is 476. The van der Waals surface area contributed by atoms with Gasteiger partial charge in [0.25, 0.3) is 0 Å². The van der Waals surface area contributed by atoms with Crippen LogP contribution in [0.2, 0.25) is 10.0 Å². The van der Waals surface area contributed by atoms with Gasteiger partial charge in [-0.15, -0.1) is 0 Å². The second-order valence-corrected chi connectivity index (χ2v) is 3.40. The normalized spacial score (nSPS) is 9.86. The van der Waals surface area contributed by atoms with Gasteiger partial charge < -0.3 is 5.11 Å². The molecule has 0 atom stereocenters. The summed E-state index contributed by atoms with van der Waals surface area (Å²) < 4.78 is 0. The summed E-state index contributed by atoms with van der Waals surface area (Å²) in [6.45, 7) is 0. The Morgan fingerprint density at radius 1 is 1.21 bits per heavy atom. The van der Waals surface area contributed by atoms with E-state index in [1.807, 2.05) is 0 Å². The number of pyridine rings is 1. The van der Waals surface area contributed by atoms with Gasteiger partial charge in [0.15, 0.2) is 5.75 Å². The van der Waals surface area contributed by atoms with Crippen molar-refractivity contribution in [2.75, 3.05) is 0 Å². The van der Waals surface area contributed by atoms with E-state index in [0.717, 1.165) is 0 Å². The molecule has 0 amide bonds. The number of rotatable bonds is 0. The zero-order chi connectivity index (χ0) is 9.42. The standard InChI is InChI=1S/C9H5Cl2NO.Cu/c10-6-4-7(11)9(13)8-5(6)2-1-3-12-8;/h1-4,13H;. The van der Waals surface area contributed by atoms with Crippen molar-refractivity contribution >= 4 is 34.1 Å². The topological polar surface area (TPSA) is 33.1 Å². The molecule has 1 heterocycles. The van der Waals surface area contributed by atoms with E-state index in [0.29, 0.717) is 15.9 Å². The Morgan fingerprint density at radius 3 is 2.64 bits per heavy atom. The third-order valence-electron chi connectivity index (χ3n) is 1.77. The quantitative estimate of drug-likeness (QED) is 0.750. The summed E-state index contributed by atoms with van der Waals surface area (Å²) in [6.07, 6.45) is 1.58. The van der Waals surface area contributed by atoms with E-state index in [9.17, 15) is 5.11 Å². The molecule has 0 aliphatic rings. The Labute approximate surface area is 101 Å². The summed E-state index contributed by atoms with van der Waals surface area (Å²) in [6, 6.07) is 5.03. The smallest absolute Gasteiger partial charge is 0.160 e. The first-order chi connectivity index (χ1) is 6.20. The Balaban J connectivity index is 0.000000980. The van der Waals surface area contributed by atoms with Crippen LogP contribution >= 0.6 is 23.2 Å². The molecule has 0 fully saturated rings. The van der Waals surface area contributed by atoms with Crippen molar-refractivity contribution < 1.29 is 22.2 Å². The molecule has 1 radical (unpaired) electrons. The number of hydrogen-bond donors (Lipinski definition) is 1. The first-order valence-electron chi connectivity index (χ1n) is 3.62.